The number of oxazole rings is 1. The lowest BCUT2D eigenvalue weighted by Gasteiger charge is -2.26. The van der Waals surface area contributed by atoms with E-state index in [9.17, 15) is 4.79 Å². The van der Waals surface area contributed by atoms with Gasteiger partial charge in [0.05, 0.1) is 18.8 Å². The molecule has 2 aliphatic rings. The fourth-order valence-electron chi connectivity index (χ4n) is 4.16. The van der Waals surface area contributed by atoms with Crippen LogP contribution in [0.3, 0.4) is 0 Å². The van der Waals surface area contributed by atoms with Gasteiger partial charge in [-0.2, -0.15) is 0 Å². The average molecular weight is 429 g/mol. The summed E-state index contributed by atoms with van der Waals surface area (Å²) < 4.78 is 7.76. The van der Waals surface area contributed by atoms with E-state index in [0.29, 0.717) is 31.1 Å². The van der Waals surface area contributed by atoms with Gasteiger partial charge in [0.2, 0.25) is 5.89 Å². The van der Waals surface area contributed by atoms with Crippen LogP contribution in [-0.4, -0.2) is 43.4 Å². The Morgan fingerprint density at radius 2 is 1.90 bits per heavy atom. The largest absolute Gasteiger partial charge is 0.441 e. The smallest absolute Gasteiger partial charge is 0.276 e. The summed E-state index contributed by atoms with van der Waals surface area (Å²) in [5, 5.41) is 8.35. The van der Waals surface area contributed by atoms with Crippen molar-refractivity contribution in [2.75, 3.05) is 6.54 Å². The van der Waals surface area contributed by atoms with E-state index >= 15 is 0 Å². The van der Waals surface area contributed by atoms with Crippen molar-refractivity contribution < 1.29 is 9.21 Å². The molecule has 1 amide bonds. The highest BCUT2D eigenvalue weighted by Crippen LogP contribution is 2.28. The number of benzene rings is 1. The second-order valence-electron chi connectivity index (χ2n) is 7.88. The lowest BCUT2D eigenvalue weighted by atomic mass is 9.92. The van der Waals surface area contributed by atoms with E-state index < -0.39 is 0 Å². The van der Waals surface area contributed by atoms with E-state index in [-0.39, 0.29) is 30.4 Å². The molecular weight excluding hydrogens is 404 g/mol. The molecule has 30 heavy (non-hydrogen) atoms. The lowest BCUT2D eigenvalue weighted by Crippen LogP contribution is -2.36. The van der Waals surface area contributed by atoms with Crippen molar-refractivity contribution in [3.05, 3.63) is 53.7 Å². The molecule has 5 rings (SSSR count). The summed E-state index contributed by atoms with van der Waals surface area (Å²) in [5.74, 6) is 1.35. The second-order valence-corrected chi connectivity index (χ2v) is 7.88. The Labute approximate surface area is 180 Å². The Morgan fingerprint density at radius 1 is 1.13 bits per heavy atom. The number of aromatic nitrogens is 4. The molecule has 2 N–H and O–H groups in total. The molecule has 1 aromatic carbocycles. The Hall–Kier alpha value is -2.71. The Bertz CT molecular complexity index is 1010. The number of amides is 1. The number of hydrogen-bond acceptors (Lipinski definition) is 6. The summed E-state index contributed by atoms with van der Waals surface area (Å²) in [6.07, 6.45) is 6.35. The first-order valence-electron chi connectivity index (χ1n) is 10.2. The minimum Gasteiger partial charge on any atom is -0.441 e. The predicted octanol–water partition coefficient (Wildman–Crippen LogP) is 3.00. The van der Waals surface area contributed by atoms with Crippen LogP contribution in [0, 0.1) is 0 Å². The monoisotopic (exact) mass is 428 g/mol. The number of halogens is 1. The summed E-state index contributed by atoms with van der Waals surface area (Å²) in [5.41, 5.74) is 8.12. The number of carbonyl (C=O) groups is 1. The zero-order valence-electron chi connectivity index (χ0n) is 16.6. The fraction of sp³-hybridized carbons (Fsp3) is 0.429. The summed E-state index contributed by atoms with van der Waals surface area (Å²) in [6, 6.07) is 10.4. The molecule has 1 aliphatic heterocycles. The van der Waals surface area contributed by atoms with Gasteiger partial charge in [0.1, 0.15) is 11.5 Å². The minimum absolute atomic E-state index is 0. The van der Waals surface area contributed by atoms with Crippen molar-refractivity contribution in [3.63, 3.8) is 0 Å². The molecule has 1 aliphatic carbocycles. The molecule has 1 saturated carbocycles. The van der Waals surface area contributed by atoms with Crippen LogP contribution in [0.25, 0.3) is 11.5 Å². The third-order valence-electron chi connectivity index (χ3n) is 5.88. The number of nitrogens with zero attached hydrogens (tertiary/aromatic N) is 5. The predicted molar refractivity (Wildman–Crippen MR) is 113 cm³/mol. The van der Waals surface area contributed by atoms with Gasteiger partial charge in [0, 0.05) is 24.6 Å². The molecule has 0 bridgehead atoms. The highest BCUT2D eigenvalue weighted by atomic mass is 35.5. The first kappa shape index (κ1) is 20.6. The first-order chi connectivity index (χ1) is 14.2. The van der Waals surface area contributed by atoms with Gasteiger partial charge in [-0.3, -0.25) is 4.79 Å². The molecule has 8 nitrogen and oxygen atoms in total. The van der Waals surface area contributed by atoms with Crippen molar-refractivity contribution in [3.8, 4) is 11.5 Å². The molecule has 0 saturated heterocycles. The highest BCUT2D eigenvalue weighted by molar-refractivity contribution is 5.92. The number of rotatable bonds is 3. The van der Waals surface area contributed by atoms with Crippen LogP contribution < -0.4 is 5.73 Å². The summed E-state index contributed by atoms with van der Waals surface area (Å²) >= 11 is 0. The van der Waals surface area contributed by atoms with Gasteiger partial charge >= 0.3 is 0 Å². The molecule has 158 valence electrons. The van der Waals surface area contributed by atoms with Crippen molar-refractivity contribution in [2.24, 2.45) is 5.73 Å². The minimum atomic E-state index is -0.112. The molecule has 0 atom stereocenters. The van der Waals surface area contributed by atoms with Crippen LogP contribution in [0.1, 0.15) is 53.7 Å². The van der Waals surface area contributed by atoms with E-state index in [4.69, 9.17) is 10.2 Å². The quantitative estimate of drug-likeness (QED) is 0.687. The van der Waals surface area contributed by atoms with Gasteiger partial charge < -0.3 is 15.1 Å². The van der Waals surface area contributed by atoms with E-state index in [1.54, 1.807) is 11.1 Å². The Balaban J connectivity index is 0.00000218. The number of fused-ring (bicyclic) bond motifs is 1. The summed E-state index contributed by atoms with van der Waals surface area (Å²) in [6.45, 7) is 1.01. The molecule has 2 aromatic heterocycles. The van der Waals surface area contributed by atoms with Gasteiger partial charge in [-0.05, 0) is 37.8 Å². The van der Waals surface area contributed by atoms with Gasteiger partial charge in [0.25, 0.3) is 5.91 Å². The van der Waals surface area contributed by atoms with Crippen LogP contribution in [-0.2, 0) is 13.0 Å². The topological polar surface area (TPSA) is 103 Å². The van der Waals surface area contributed by atoms with Crippen LogP contribution in [0.15, 0.2) is 40.9 Å². The Kier molecular flexibility index (Phi) is 5.87. The molecule has 3 aromatic rings. The van der Waals surface area contributed by atoms with Crippen molar-refractivity contribution in [1.82, 2.24) is 24.9 Å². The molecule has 0 unspecified atom stereocenters. The lowest BCUT2D eigenvalue weighted by molar-refractivity contribution is 0.0722. The zero-order chi connectivity index (χ0) is 19.8. The molecular formula is C21H25ClN6O2. The van der Waals surface area contributed by atoms with Crippen LogP contribution in [0.5, 0.6) is 0 Å². The third-order valence-corrected chi connectivity index (χ3v) is 5.88. The van der Waals surface area contributed by atoms with Crippen molar-refractivity contribution in [2.45, 2.75) is 50.7 Å². The standard InChI is InChI=1S/C21H24N6O2.ClH/c22-15-6-8-16(9-7-15)27-13-18(24-25-27)21(28)26-11-10-19-17(12-26)23-20(29-19)14-4-2-1-3-5-14;/h1-5,13,15-16H,6-12,22H2;1H. The maximum atomic E-state index is 13.0. The zero-order valence-corrected chi connectivity index (χ0v) is 17.4. The highest BCUT2D eigenvalue weighted by Gasteiger charge is 2.29. The van der Waals surface area contributed by atoms with Gasteiger partial charge in [0.15, 0.2) is 5.69 Å². The van der Waals surface area contributed by atoms with E-state index in [1.165, 1.54) is 0 Å². The second kappa shape index (κ2) is 8.57. The third kappa shape index (κ3) is 3.97. The average Bonchev–Trinajstić information content (AvgIpc) is 3.41. The van der Waals surface area contributed by atoms with Crippen LogP contribution in [0.2, 0.25) is 0 Å². The van der Waals surface area contributed by atoms with Crippen LogP contribution in [0.4, 0.5) is 0 Å². The maximum absolute atomic E-state index is 13.0. The van der Waals surface area contributed by atoms with E-state index in [0.717, 1.165) is 42.7 Å². The SMILES string of the molecule is Cl.NC1CCC(n2cc(C(=O)N3CCc4oc(-c5ccccc5)nc4C3)nn2)CC1. The van der Waals surface area contributed by atoms with Crippen molar-refractivity contribution >= 4 is 18.3 Å². The van der Waals surface area contributed by atoms with Gasteiger partial charge in [-0.15, -0.1) is 17.5 Å². The summed E-state index contributed by atoms with van der Waals surface area (Å²) in [4.78, 5) is 19.4. The fourth-order valence-corrected chi connectivity index (χ4v) is 4.16. The molecule has 3 heterocycles. The van der Waals surface area contributed by atoms with Gasteiger partial charge in [-0.1, -0.05) is 23.4 Å². The normalized spacial score (nSPS) is 21.0. The number of carbonyl (C=O) groups excluding carboxylic acids is 1. The van der Waals surface area contributed by atoms with Gasteiger partial charge in [-0.25, -0.2) is 9.67 Å². The maximum Gasteiger partial charge on any atom is 0.276 e. The van der Waals surface area contributed by atoms with Crippen molar-refractivity contribution in [1.29, 1.82) is 0 Å². The molecule has 0 spiro atoms. The molecule has 0 radical (unpaired) electrons. The molecule has 1 fully saturated rings. The van der Waals surface area contributed by atoms with E-state index in [2.05, 4.69) is 15.3 Å². The summed E-state index contributed by atoms with van der Waals surface area (Å²) in [7, 11) is 0. The number of hydrogen-bond donors (Lipinski definition) is 1. The van der Waals surface area contributed by atoms with Crippen LogP contribution >= 0.6 is 12.4 Å². The molecule has 9 heteroatoms. The number of nitrogens with two attached hydrogens (primary N) is 1. The first-order valence-corrected chi connectivity index (χ1v) is 10.2. The Morgan fingerprint density at radius 3 is 2.67 bits per heavy atom. The van der Waals surface area contributed by atoms with E-state index in [1.807, 2.05) is 35.0 Å².